The van der Waals surface area contributed by atoms with E-state index in [0.717, 1.165) is 13.1 Å². The average Bonchev–Trinajstić information content (AvgIpc) is 2.34. The lowest BCUT2D eigenvalue weighted by molar-refractivity contribution is 0.652. The molecule has 0 atom stereocenters. The SMILES string of the molecule is Cc1csc2c1CCNC2.Cl. The fourth-order valence-electron chi connectivity index (χ4n) is 1.42. The minimum Gasteiger partial charge on any atom is -0.312 e. The van der Waals surface area contributed by atoms with Crippen LogP contribution >= 0.6 is 23.7 Å². The molecule has 1 aliphatic heterocycles. The van der Waals surface area contributed by atoms with Crippen molar-refractivity contribution in [2.24, 2.45) is 0 Å². The molecular formula is C8H12ClNS. The molecule has 0 aromatic carbocycles. The second kappa shape index (κ2) is 3.57. The highest BCUT2D eigenvalue weighted by Crippen LogP contribution is 2.24. The first-order valence-electron chi connectivity index (χ1n) is 3.64. The van der Waals surface area contributed by atoms with E-state index in [-0.39, 0.29) is 12.4 Å². The van der Waals surface area contributed by atoms with Gasteiger partial charge >= 0.3 is 0 Å². The molecule has 2 heterocycles. The molecule has 1 nitrogen and oxygen atoms in total. The molecule has 0 unspecified atom stereocenters. The van der Waals surface area contributed by atoms with E-state index >= 15 is 0 Å². The number of thiophene rings is 1. The fraction of sp³-hybridized carbons (Fsp3) is 0.500. The number of aryl methyl sites for hydroxylation is 1. The normalized spacial score (nSPS) is 15.4. The Morgan fingerprint density at radius 1 is 1.55 bits per heavy atom. The molecule has 0 bridgehead atoms. The lowest BCUT2D eigenvalue weighted by atomic mass is 10.1. The van der Waals surface area contributed by atoms with E-state index in [1.807, 2.05) is 11.3 Å². The van der Waals surface area contributed by atoms with Crippen molar-refractivity contribution in [3.63, 3.8) is 0 Å². The Morgan fingerprint density at radius 3 is 3.09 bits per heavy atom. The third kappa shape index (κ3) is 1.58. The third-order valence-electron chi connectivity index (χ3n) is 2.03. The van der Waals surface area contributed by atoms with Crippen LogP contribution in [-0.4, -0.2) is 6.54 Å². The van der Waals surface area contributed by atoms with Crippen LogP contribution in [0.3, 0.4) is 0 Å². The van der Waals surface area contributed by atoms with Gasteiger partial charge in [-0.3, -0.25) is 0 Å². The van der Waals surface area contributed by atoms with Gasteiger partial charge in [-0.2, -0.15) is 0 Å². The summed E-state index contributed by atoms with van der Waals surface area (Å²) in [5.74, 6) is 0. The molecule has 0 radical (unpaired) electrons. The first kappa shape index (κ1) is 9.04. The van der Waals surface area contributed by atoms with E-state index in [9.17, 15) is 0 Å². The number of fused-ring (bicyclic) bond motifs is 1. The van der Waals surface area contributed by atoms with Gasteiger partial charge in [-0.05, 0) is 36.4 Å². The minimum atomic E-state index is 0. The maximum atomic E-state index is 3.36. The number of nitrogens with one attached hydrogen (secondary N) is 1. The van der Waals surface area contributed by atoms with Gasteiger partial charge in [-0.15, -0.1) is 23.7 Å². The van der Waals surface area contributed by atoms with Crippen molar-refractivity contribution in [2.75, 3.05) is 6.54 Å². The standard InChI is InChI=1S/C8H11NS.ClH/c1-6-5-10-8-4-9-3-2-7(6)8;/h5,9H,2-4H2,1H3;1H. The maximum absolute atomic E-state index is 3.36. The number of rotatable bonds is 0. The topological polar surface area (TPSA) is 12.0 Å². The quantitative estimate of drug-likeness (QED) is 0.660. The molecule has 11 heavy (non-hydrogen) atoms. The van der Waals surface area contributed by atoms with Gasteiger partial charge in [0.2, 0.25) is 0 Å². The summed E-state index contributed by atoms with van der Waals surface area (Å²) in [6.07, 6.45) is 1.23. The van der Waals surface area contributed by atoms with Crippen LogP contribution in [0, 0.1) is 6.92 Å². The van der Waals surface area contributed by atoms with E-state index in [2.05, 4.69) is 17.6 Å². The Labute approximate surface area is 77.2 Å². The van der Waals surface area contributed by atoms with Crippen LogP contribution in [0.1, 0.15) is 16.0 Å². The molecule has 62 valence electrons. The van der Waals surface area contributed by atoms with Crippen LogP contribution in [0.4, 0.5) is 0 Å². The first-order valence-corrected chi connectivity index (χ1v) is 4.52. The number of halogens is 1. The Hall–Kier alpha value is -0.0500. The summed E-state index contributed by atoms with van der Waals surface area (Å²) in [7, 11) is 0. The van der Waals surface area contributed by atoms with Gasteiger partial charge in [0.15, 0.2) is 0 Å². The zero-order chi connectivity index (χ0) is 6.97. The Balaban J connectivity index is 0.000000605. The number of hydrogen-bond acceptors (Lipinski definition) is 2. The van der Waals surface area contributed by atoms with E-state index in [0.29, 0.717) is 0 Å². The summed E-state index contributed by atoms with van der Waals surface area (Å²) in [6, 6.07) is 0. The summed E-state index contributed by atoms with van der Waals surface area (Å²) in [5.41, 5.74) is 3.09. The molecule has 0 saturated heterocycles. The molecule has 3 heteroatoms. The summed E-state index contributed by atoms with van der Waals surface area (Å²) in [6.45, 7) is 4.46. The Morgan fingerprint density at radius 2 is 2.36 bits per heavy atom. The van der Waals surface area contributed by atoms with Crippen molar-refractivity contribution in [1.82, 2.24) is 5.32 Å². The first-order chi connectivity index (χ1) is 4.88. The largest absolute Gasteiger partial charge is 0.312 e. The van der Waals surface area contributed by atoms with Crippen LogP contribution < -0.4 is 5.32 Å². The van der Waals surface area contributed by atoms with Gasteiger partial charge in [0, 0.05) is 11.4 Å². The van der Waals surface area contributed by atoms with E-state index in [1.54, 1.807) is 10.4 Å². The molecule has 1 N–H and O–H groups in total. The second-order valence-electron chi connectivity index (χ2n) is 2.75. The molecule has 0 amide bonds. The summed E-state index contributed by atoms with van der Waals surface area (Å²) in [5, 5.41) is 5.63. The smallest absolute Gasteiger partial charge is 0.0302 e. The zero-order valence-electron chi connectivity index (χ0n) is 6.52. The highest BCUT2D eigenvalue weighted by atomic mass is 35.5. The van der Waals surface area contributed by atoms with Gasteiger partial charge in [-0.1, -0.05) is 0 Å². The van der Waals surface area contributed by atoms with Crippen LogP contribution in [-0.2, 0) is 13.0 Å². The van der Waals surface area contributed by atoms with Crippen molar-refractivity contribution in [2.45, 2.75) is 19.9 Å². The van der Waals surface area contributed by atoms with Crippen molar-refractivity contribution >= 4 is 23.7 Å². The predicted molar refractivity (Wildman–Crippen MR) is 51.7 cm³/mol. The van der Waals surface area contributed by atoms with Crippen molar-refractivity contribution in [3.05, 3.63) is 21.4 Å². The fourth-order valence-corrected chi connectivity index (χ4v) is 2.47. The molecule has 0 fully saturated rings. The minimum absolute atomic E-state index is 0. The molecule has 0 spiro atoms. The lowest BCUT2D eigenvalue weighted by Crippen LogP contribution is -2.22. The number of hydrogen-bond donors (Lipinski definition) is 1. The third-order valence-corrected chi connectivity index (χ3v) is 3.17. The van der Waals surface area contributed by atoms with Crippen LogP contribution in [0.15, 0.2) is 5.38 Å². The van der Waals surface area contributed by atoms with Crippen LogP contribution in [0.2, 0.25) is 0 Å². The van der Waals surface area contributed by atoms with Crippen LogP contribution in [0.25, 0.3) is 0 Å². The van der Waals surface area contributed by atoms with Crippen LogP contribution in [0.5, 0.6) is 0 Å². The summed E-state index contributed by atoms with van der Waals surface area (Å²) < 4.78 is 0. The van der Waals surface area contributed by atoms with Gasteiger partial charge in [0.25, 0.3) is 0 Å². The second-order valence-corrected chi connectivity index (χ2v) is 3.71. The molecule has 1 aromatic rings. The van der Waals surface area contributed by atoms with Crippen molar-refractivity contribution in [3.8, 4) is 0 Å². The van der Waals surface area contributed by atoms with Gasteiger partial charge < -0.3 is 5.32 Å². The van der Waals surface area contributed by atoms with Gasteiger partial charge in [0.05, 0.1) is 0 Å². The Bertz CT molecular complexity index is 244. The average molecular weight is 190 g/mol. The van der Waals surface area contributed by atoms with Crippen molar-refractivity contribution in [1.29, 1.82) is 0 Å². The predicted octanol–water partition coefficient (Wildman–Crippen LogP) is 2.12. The maximum Gasteiger partial charge on any atom is 0.0302 e. The van der Waals surface area contributed by atoms with E-state index < -0.39 is 0 Å². The molecule has 0 saturated carbocycles. The highest BCUT2D eigenvalue weighted by molar-refractivity contribution is 7.10. The monoisotopic (exact) mass is 189 g/mol. The highest BCUT2D eigenvalue weighted by Gasteiger charge is 2.11. The summed E-state index contributed by atoms with van der Waals surface area (Å²) >= 11 is 1.89. The molecule has 1 aliphatic rings. The molecular weight excluding hydrogens is 178 g/mol. The van der Waals surface area contributed by atoms with Crippen molar-refractivity contribution < 1.29 is 0 Å². The molecule has 1 aromatic heterocycles. The molecule has 0 aliphatic carbocycles. The zero-order valence-corrected chi connectivity index (χ0v) is 8.15. The van der Waals surface area contributed by atoms with Gasteiger partial charge in [0.1, 0.15) is 0 Å². The lowest BCUT2D eigenvalue weighted by Gasteiger charge is -2.12. The van der Waals surface area contributed by atoms with Gasteiger partial charge in [-0.25, -0.2) is 0 Å². The van der Waals surface area contributed by atoms with E-state index in [4.69, 9.17) is 0 Å². The summed E-state index contributed by atoms with van der Waals surface area (Å²) in [4.78, 5) is 1.55. The molecule has 2 rings (SSSR count). The van der Waals surface area contributed by atoms with E-state index in [1.165, 1.54) is 12.0 Å². The Kier molecular flexibility index (Phi) is 2.93.